The second-order valence-electron chi connectivity index (χ2n) is 6.05. The second kappa shape index (κ2) is 8.80. The third-order valence-corrected chi connectivity index (χ3v) is 4.18. The zero-order valence-electron chi connectivity index (χ0n) is 15.4. The Bertz CT molecular complexity index is 910. The maximum absolute atomic E-state index is 12.3. The summed E-state index contributed by atoms with van der Waals surface area (Å²) in [6.45, 7) is 2.51. The van der Waals surface area contributed by atoms with Crippen molar-refractivity contribution in [1.82, 2.24) is 15.3 Å². The Kier molecular flexibility index (Phi) is 5.99. The summed E-state index contributed by atoms with van der Waals surface area (Å²) in [6.07, 6.45) is 3.72. The number of hydrogen-bond acceptors (Lipinski definition) is 5. The Morgan fingerprint density at radius 3 is 2.48 bits per heavy atom. The maximum atomic E-state index is 12.3. The van der Waals surface area contributed by atoms with Gasteiger partial charge in [0.05, 0.1) is 12.7 Å². The lowest BCUT2D eigenvalue weighted by molar-refractivity contribution is 0.0953. The highest BCUT2D eigenvalue weighted by Crippen LogP contribution is 2.18. The quantitative estimate of drug-likeness (QED) is 0.673. The van der Waals surface area contributed by atoms with Crippen molar-refractivity contribution in [2.45, 2.75) is 13.3 Å². The Labute approximate surface area is 158 Å². The van der Waals surface area contributed by atoms with Crippen molar-refractivity contribution in [3.63, 3.8) is 0 Å². The van der Waals surface area contributed by atoms with E-state index in [-0.39, 0.29) is 5.91 Å². The molecule has 0 aliphatic rings. The van der Waals surface area contributed by atoms with Gasteiger partial charge in [0.15, 0.2) is 0 Å². The summed E-state index contributed by atoms with van der Waals surface area (Å²) in [5, 5.41) is 6.03. The maximum Gasteiger partial charge on any atom is 0.254 e. The molecule has 0 bridgehead atoms. The van der Waals surface area contributed by atoms with Crippen LogP contribution in [-0.2, 0) is 6.42 Å². The number of carbonyl (C=O) groups is 1. The van der Waals surface area contributed by atoms with Crippen LogP contribution in [0, 0.1) is 6.92 Å². The predicted octanol–water partition coefficient (Wildman–Crippen LogP) is 3.51. The number of amides is 1. The van der Waals surface area contributed by atoms with Crippen LogP contribution in [-0.4, -0.2) is 29.5 Å². The molecule has 2 N–H and O–H groups in total. The van der Waals surface area contributed by atoms with Gasteiger partial charge in [-0.05, 0) is 36.6 Å². The third-order valence-electron chi connectivity index (χ3n) is 4.18. The van der Waals surface area contributed by atoms with Gasteiger partial charge in [0.1, 0.15) is 5.75 Å². The van der Waals surface area contributed by atoms with Crippen molar-refractivity contribution in [2.24, 2.45) is 0 Å². The monoisotopic (exact) mass is 362 g/mol. The molecule has 27 heavy (non-hydrogen) atoms. The fourth-order valence-corrected chi connectivity index (χ4v) is 2.67. The molecule has 0 spiro atoms. The van der Waals surface area contributed by atoms with Crippen molar-refractivity contribution in [2.75, 3.05) is 19.0 Å². The molecule has 6 heteroatoms. The highest BCUT2D eigenvalue weighted by molar-refractivity contribution is 5.93. The SMILES string of the molecule is COc1ccccc1CCNC(=O)c1cnc(Nc2ccccc2C)nc1. The number of nitrogens with one attached hydrogen (secondary N) is 2. The molecule has 0 saturated carbocycles. The number of aromatic nitrogens is 2. The lowest BCUT2D eigenvalue weighted by Gasteiger charge is -2.10. The number of methoxy groups -OCH3 is 1. The largest absolute Gasteiger partial charge is 0.496 e. The Morgan fingerprint density at radius 2 is 1.74 bits per heavy atom. The van der Waals surface area contributed by atoms with E-state index in [4.69, 9.17) is 4.74 Å². The Hall–Kier alpha value is -3.41. The number of rotatable bonds is 7. The van der Waals surface area contributed by atoms with Gasteiger partial charge >= 0.3 is 0 Å². The van der Waals surface area contributed by atoms with Crippen LogP contribution in [0.15, 0.2) is 60.9 Å². The van der Waals surface area contributed by atoms with Crippen molar-refractivity contribution in [1.29, 1.82) is 0 Å². The summed E-state index contributed by atoms with van der Waals surface area (Å²) >= 11 is 0. The zero-order valence-corrected chi connectivity index (χ0v) is 15.4. The number of aryl methyl sites for hydroxylation is 1. The smallest absolute Gasteiger partial charge is 0.254 e. The lowest BCUT2D eigenvalue weighted by atomic mass is 10.1. The van der Waals surface area contributed by atoms with Crippen LogP contribution in [0.2, 0.25) is 0 Å². The molecule has 0 saturated heterocycles. The molecule has 0 aliphatic carbocycles. The summed E-state index contributed by atoms with van der Waals surface area (Å²) in [7, 11) is 1.64. The minimum Gasteiger partial charge on any atom is -0.496 e. The number of anilines is 2. The van der Waals surface area contributed by atoms with E-state index >= 15 is 0 Å². The standard InChI is InChI=1S/C21H22N4O2/c1-15-7-3-5-9-18(15)25-21-23-13-17(14-24-21)20(26)22-12-11-16-8-4-6-10-19(16)27-2/h3-10,13-14H,11-12H2,1-2H3,(H,22,26)(H,23,24,25). The van der Waals surface area contributed by atoms with E-state index in [1.54, 1.807) is 7.11 Å². The number of nitrogens with zero attached hydrogens (tertiary/aromatic N) is 2. The van der Waals surface area contributed by atoms with Gasteiger partial charge in [-0.25, -0.2) is 9.97 Å². The summed E-state index contributed by atoms with van der Waals surface area (Å²) in [4.78, 5) is 20.7. The normalized spacial score (nSPS) is 10.3. The Morgan fingerprint density at radius 1 is 1.04 bits per heavy atom. The predicted molar refractivity (Wildman–Crippen MR) is 106 cm³/mol. The van der Waals surface area contributed by atoms with Crippen molar-refractivity contribution < 1.29 is 9.53 Å². The average Bonchev–Trinajstić information content (AvgIpc) is 2.70. The number of carbonyl (C=O) groups excluding carboxylic acids is 1. The number of hydrogen-bond donors (Lipinski definition) is 2. The lowest BCUT2D eigenvalue weighted by Crippen LogP contribution is -2.26. The molecule has 0 radical (unpaired) electrons. The first kappa shape index (κ1) is 18.4. The average molecular weight is 362 g/mol. The summed E-state index contributed by atoms with van der Waals surface area (Å²) in [5.74, 6) is 1.07. The first-order valence-electron chi connectivity index (χ1n) is 8.72. The molecule has 1 aromatic heterocycles. The molecule has 0 unspecified atom stereocenters. The molecule has 6 nitrogen and oxygen atoms in total. The van der Waals surface area contributed by atoms with E-state index in [9.17, 15) is 4.79 Å². The summed E-state index contributed by atoms with van der Waals surface area (Å²) in [5.41, 5.74) is 3.51. The van der Waals surface area contributed by atoms with E-state index in [2.05, 4.69) is 20.6 Å². The van der Waals surface area contributed by atoms with E-state index in [1.165, 1.54) is 12.4 Å². The van der Waals surface area contributed by atoms with Gasteiger partial charge in [-0.2, -0.15) is 0 Å². The first-order valence-corrected chi connectivity index (χ1v) is 8.72. The molecule has 3 rings (SSSR count). The van der Waals surface area contributed by atoms with E-state index < -0.39 is 0 Å². The number of benzene rings is 2. The minimum atomic E-state index is -0.202. The highest BCUT2D eigenvalue weighted by Gasteiger charge is 2.08. The van der Waals surface area contributed by atoms with Gasteiger partial charge in [-0.3, -0.25) is 4.79 Å². The van der Waals surface area contributed by atoms with Crippen LogP contribution >= 0.6 is 0 Å². The number of para-hydroxylation sites is 2. The van der Waals surface area contributed by atoms with Gasteiger partial charge in [0, 0.05) is 24.6 Å². The molecule has 0 fully saturated rings. The van der Waals surface area contributed by atoms with Crippen molar-refractivity contribution >= 4 is 17.5 Å². The topological polar surface area (TPSA) is 76.1 Å². The van der Waals surface area contributed by atoms with Crippen molar-refractivity contribution in [3.8, 4) is 5.75 Å². The number of ether oxygens (including phenoxy) is 1. The molecule has 3 aromatic rings. The van der Waals surface area contributed by atoms with Gasteiger partial charge in [0.2, 0.25) is 5.95 Å². The highest BCUT2D eigenvalue weighted by atomic mass is 16.5. The van der Waals surface area contributed by atoms with Crippen LogP contribution in [0.25, 0.3) is 0 Å². The zero-order chi connectivity index (χ0) is 19.1. The van der Waals surface area contributed by atoms with Gasteiger partial charge < -0.3 is 15.4 Å². The van der Waals surface area contributed by atoms with Crippen molar-refractivity contribution in [3.05, 3.63) is 77.6 Å². The third kappa shape index (κ3) is 4.82. The molecule has 0 atom stereocenters. The fourth-order valence-electron chi connectivity index (χ4n) is 2.67. The van der Waals surface area contributed by atoms with Gasteiger partial charge in [-0.1, -0.05) is 36.4 Å². The molecule has 1 heterocycles. The molecular weight excluding hydrogens is 340 g/mol. The molecule has 2 aromatic carbocycles. The van der Waals surface area contributed by atoms with E-state index in [1.807, 2.05) is 55.5 Å². The fraction of sp³-hybridized carbons (Fsp3) is 0.190. The van der Waals surface area contributed by atoms with E-state index in [0.29, 0.717) is 24.5 Å². The van der Waals surface area contributed by atoms with Crippen LogP contribution in [0.1, 0.15) is 21.5 Å². The van der Waals surface area contributed by atoms with Crippen LogP contribution in [0.5, 0.6) is 5.75 Å². The Balaban J connectivity index is 1.55. The summed E-state index contributed by atoms with van der Waals surface area (Å²) < 4.78 is 5.32. The molecule has 138 valence electrons. The van der Waals surface area contributed by atoms with Crippen LogP contribution in [0.3, 0.4) is 0 Å². The summed E-state index contributed by atoms with van der Waals surface area (Å²) in [6, 6.07) is 15.6. The van der Waals surface area contributed by atoms with Gasteiger partial charge in [0.25, 0.3) is 5.91 Å². The molecule has 0 aliphatic heterocycles. The second-order valence-corrected chi connectivity index (χ2v) is 6.05. The van der Waals surface area contributed by atoms with Crippen LogP contribution < -0.4 is 15.4 Å². The van der Waals surface area contributed by atoms with Gasteiger partial charge in [-0.15, -0.1) is 0 Å². The molecule has 1 amide bonds. The van der Waals surface area contributed by atoms with Crippen LogP contribution in [0.4, 0.5) is 11.6 Å². The minimum absolute atomic E-state index is 0.202. The van der Waals surface area contributed by atoms with E-state index in [0.717, 1.165) is 22.6 Å². The first-order chi connectivity index (χ1) is 13.2. The molecular formula is C21H22N4O2.